The second-order valence-corrected chi connectivity index (χ2v) is 7.55. The number of thiazole rings is 1. The summed E-state index contributed by atoms with van der Waals surface area (Å²) in [5, 5.41) is 0.679. The number of hydrogen-bond acceptors (Lipinski definition) is 6. The summed E-state index contributed by atoms with van der Waals surface area (Å²) in [6, 6.07) is 5.54. The molecule has 0 radical (unpaired) electrons. The lowest BCUT2D eigenvalue weighted by molar-refractivity contribution is 0.0982. The average molecular weight is 338 g/mol. The third-order valence-electron chi connectivity index (χ3n) is 2.89. The van der Waals surface area contributed by atoms with Gasteiger partial charge in [0.25, 0.3) is 15.9 Å². The number of aryl methyl sites for hydroxylation is 2. The summed E-state index contributed by atoms with van der Waals surface area (Å²) in [5.74, 6) is -0.978. The number of rotatable bonds is 4. The lowest BCUT2D eigenvalue weighted by Crippen LogP contribution is -2.30. The zero-order valence-corrected chi connectivity index (χ0v) is 13.8. The first-order valence-electron chi connectivity index (χ1n) is 6.33. The van der Waals surface area contributed by atoms with E-state index in [1.807, 2.05) is 4.72 Å². The Morgan fingerprint density at radius 2 is 1.91 bits per heavy atom. The second-order valence-electron chi connectivity index (χ2n) is 4.67. The fraction of sp³-hybridized carbons (Fsp3) is 0.214. The monoisotopic (exact) mass is 338 g/mol. The Bertz CT molecular complexity index is 853. The largest absolute Gasteiger partial charge is 0.295 e. The summed E-state index contributed by atoms with van der Waals surface area (Å²) >= 11 is 1.12. The number of amides is 1. The molecule has 0 fully saturated rings. The van der Waals surface area contributed by atoms with E-state index in [0.29, 0.717) is 10.7 Å². The van der Waals surface area contributed by atoms with Crippen LogP contribution in [-0.4, -0.2) is 25.1 Å². The quantitative estimate of drug-likeness (QED) is 0.862. The summed E-state index contributed by atoms with van der Waals surface area (Å²) in [4.78, 5) is 27.6. The molecule has 1 heterocycles. The normalized spacial score (nSPS) is 11.2. The van der Waals surface area contributed by atoms with Crippen molar-refractivity contribution >= 4 is 33.1 Å². The lowest BCUT2D eigenvalue weighted by Gasteiger charge is -2.07. The average Bonchev–Trinajstić information content (AvgIpc) is 2.77. The summed E-state index contributed by atoms with van der Waals surface area (Å²) in [6.45, 7) is 4.72. The van der Waals surface area contributed by atoms with Gasteiger partial charge in [0, 0.05) is 5.56 Å². The zero-order valence-electron chi connectivity index (χ0n) is 12.2. The van der Waals surface area contributed by atoms with E-state index in [0.717, 1.165) is 11.3 Å². The maximum atomic E-state index is 12.2. The molecule has 1 N–H and O–H groups in total. The van der Waals surface area contributed by atoms with Gasteiger partial charge in [-0.05, 0) is 32.9 Å². The predicted octanol–water partition coefficient (Wildman–Crippen LogP) is 2.08. The minimum Gasteiger partial charge on any atom is -0.295 e. The molecule has 2 rings (SSSR count). The molecule has 0 atom stereocenters. The van der Waals surface area contributed by atoms with Crippen LogP contribution in [0, 0.1) is 13.8 Å². The molecule has 0 saturated heterocycles. The molecule has 0 saturated carbocycles. The van der Waals surface area contributed by atoms with Crippen LogP contribution in [0.4, 0.5) is 0 Å². The van der Waals surface area contributed by atoms with Gasteiger partial charge in [0.15, 0.2) is 5.78 Å². The Kier molecular flexibility index (Phi) is 4.43. The van der Waals surface area contributed by atoms with Crippen LogP contribution in [0.2, 0.25) is 0 Å². The van der Waals surface area contributed by atoms with Crippen LogP contribution in [0.5, 0.6) is 0 Å². The Morgan fingerprint density at radius 1 is 1.23 bits per heavy atom. The maximum Gasteiger partial charge on any atom is 0.276 e. The number of sulfonamides is 1. The van der Waals surface area contributed by atoms with Crippen molar-refractivity contribution in [1.82, 2.24) is 9.71 Å². The predicted molar refractivity (Wildman–Crippen MR) is 82.7 cm³/mol. The number of nitrogens with zero attached hydrogens (tertiary/aromatic N) is 1. The van der Waals surface area contributed by atoms with Crippen LogP contribution in [0.3, 0.4) is 0 Å². The Morgan fingerprint density at radius 3 is 2.45 bits per heavy atom. The van der Waals surface area contributed by atoms with Crippen molar-refractivity contribution in [3.8, 4) is 0 Å². The summed E-state index contributed by atoms with van der Waals surface area (Å²) < 4.78 is 26.5. The van der Waals surface area contributed by atoms with Crippen LogP contribution >= 0.6 is 11.3 Å². The highest BCUT2D eigenvalue weighted by Gasteiger charge is 2.22. The smallest absolute Gasteiger partial charge is 0.276 e. The molecule has 0 aliphatic rings. The molecule has 0 unspecified atom stereocenters. The SMILES string of the molecule is CC(=O)c1cccc(S(=O)(=O)NC(=O)c2sc(C)nc2C)c1. The van der Waals surface area contributed by atoms with E-state index in [2.05, 4.69) is 4.98 Å². The zero-order chi connectivity index (χ0) is 16.5. The van der Waals surface area contributed by atoms with Gasteiger partial charge >= 0.3 is 0 Å². The lowest BCUT2D eigenvalue weighted by atomic mass is 10.2. The molecule has 8 heteroatoms. The number of carbonyl (C=O) groups excluding carboxylic acids is 2. The minimum absolute atomic E-state index is 0.132. The van der Waals surface area contributed by atoms with Crippen molar-refractivity contribution in [3.05, 3.63) is 45.4 Å². The van der Waals surface area contributed by atoms with Crippen molar-refractivity contribution < 1.29 is 18.0 Å². The van der Waals surface area contributed by atoms with Gasteiger partial charge in [-0.2, -0.15) is 0 Å². The Hall–Kier alpha value is -2.06. The van der Waals surface area contributed by atoms with E-state index in [-0.39, 0.29) is 21.1 Å². The van der Waals surface area contributed by atoms with Gasteiger partial charge in [0.2, 0.25) is 0 Å². The molecule has 6 nitrogen and oxygen atoms in total. The highest BCUT2D eigenvalue weighted by molar-refractivity contribution is 7.90. The second kappa shape index (κ2) is 5.98. The van der Waals surface area contributed by atoms with Crippen LogP contribution in [-0.2, 0) is 10.0 Å². The number of Topliss-reactive ketones (excluding diaryl/α,β-unsaturated/α-hetero) is 1. The van der Waals surface area contributed by atoms with E-state index >= 15 is 0 Å². The number of ketones is 1. The molecular weight excluding hydrogens is 324 g/mol. The van der Waals surface area contributed by atoms with Gasteiger partial charge in [-0.25, -0.2) is 18.1 Å². The van der Waals surface area contributed by atoms with Crippen molar-refractivity contribution in [2.24, 2.45) is 0 Å². The molecule has 2 aromatic rings. The van der Waals surface area contributed by atoms with Gasteiger partial charge in [0.05, 0.1) is 15.6 Å². The number of aromatic nitrogens is 1. The molecule has 22 heavy (non-hydrogen) atoms. The Labute approximate surface area is 132 Å². The van der Waals surface area contributed by atoms with Crippen molar-refractivity contribution in [3.63, 3.8) is 0 Å². The standard InChI is InChI=1S/C14H14N2O4S2/c1-8-13(21-10(3)15-8)14(18)16-22(19,20)12-6-4-5-11(7-12)9(2)17/h4-7H,1-3H3,(H,16,18). The molecule has 1 aromatic heterocycles. The van der Waals surface area contributed by atoms with Gasteiger partial charge in [0.1, 0.15) is 4.88 Å². The molecule has 0 bridgehead atoms. The first-order chi connectivity index (χ1) is 10.2. The molecule has 1 amide bonds. The van der Waals surface area contributed by atoms with E-state index in [4.69, 9.17) is 0 Å². The van der Waals surface area contributed by atoms with Crippen LogP contribution in [0.15, 0.2) is 29.2 Å². The summed E-state index contributed by atoms with van der Waals surface area (Å²) in [6.07, 6.45) is 0. The van der Waals surface area contributed by atoms with Gasteiger partial charge in [-0.3, -0.25) is 9.59 Å². The number of benzene rings is 1. The van der Waals surface area contributed by atoms with Crippen molar-refractivity contribution in [2.45, 2.75) is 25.7 Å². The maximum absolute atomic E-state index is 12.2. The number of hydrogen-bond donors (Lipinski definition) is 1. The Balaban J connectivity index is 2.32. The van der Waals surface area contributed by atoms with Crippen molar-refractivity contribution in [1.29, 1.82) is 0 Å². The van der Waals surface area contributed by atoms with E-state index in [1.54, 1.807) is 13.8 Å². The number of nitrogens with one attached hydrogen (secondary N) is 1. The molecule has 0 spiro atoms. The van der Waals surface area contributed by atoms with E-state index in [1.165, 1.54) is 31.2 Å². The van der Waals surface area contributed by atoms with Gasteiger partial charge < -0.3 is 0 Å². The van der Waals surface area contributed by atoms with Gasteiger partial charge in [-0.15, -0.1) is 11.3 Å². The summed E-state index contributed by atoms with van der Waals surface area (Å²) in [7, 11) is -4.04. The minimum atomic E-state index is -4.04. The highest BCUT2D eigenvalue weighted by atomic mass is 32.2. The molecular formula is C14H14N2O4S2. The van der Waals surface area contributed by atoms with Crippen molar-refractivity contribution in [2.75, 3.05) is 0 Å². The van der Waals surface area contributed by atoms with Crippen LogP contribution in [0.1, 0.15) is 37.7 Å². The van der Waals surface area contributed by atoms with Crippen LogP contribution < -0.4 is 4.72 Å². The molecule has 0 aliphatic carbocycles. The molecule has 0 aliphatic heterocycles. The van der Waals surface area contributed by atoms with Crippen LogP contribution in [0.25, 0.3) is 0 Å². The summed E-state index contributed by atoms with van der Waals surface area (Å²) in [5.41, 5.74) is 0.743. The molecule has 1 aromatic carbocycles. The first kappa shape index (κ1) is 16.3. The third-order valence-corrected chi connectivity index (χ3v) is 5.29. The van der Waals surface area contributed by atoms with Gasteiger partial charge in [-0.1, -0.05) is 12.1 Å². The fourth-order valence-corrected chi connectivity index (χ4v) is 3.74. The topological polar surface area (TPSA) is 93.2 Å². The first-order valence-corrected chi connectivity index (χ1v) is 8.63. The third kappa shape index (κ3) is 3.40. The number of carbonyl (C=O) groups is 2. The fourth-order valence-electron chi connectivity index (χ4n) is 1.85. The molecule has 116 valence electrons. The highest BCUT2D eigenvalue weighted by Crippen LogP contribution is 2.18. The van der Waals surface area contributed by atoms with E-state index in [9.17, 15) is 18.0 Å². The van der Waals surface area contributed by atoms with E-state index < -0.39 is 15.9 Å².